The number of amides is 7. The van der Waals surface area contributed by atoms with Crippen molar-refractivity contribution >= 4 is 59.3 Å². The maximum atomic E-state index is 13.8. The summed E-state index contributed by atoms with van der Waals surface area (Å²) in [6.45, 7) is 10.1. The topological polar surface area (TPSA) is 394 Å². The lowest BCUT2D eigenvalue weighted by Gasteiger charge is -2.30. The molecule has 354 valence electrons. The molecule has 23 nitrogen and oxygen atoms in total. The molecular weight excluding hydrogens is 816 g/mol. The maximum absolute atomic E-state index is 13.8. The minimum atomic E-state index is -1.77. The molecule has 0 aliphatic carbocycles. The molecule has 8 atom stereocenters. The molecule has 0 radical (unpaired) electrons. The SMILES string of the molecule is CCC(C)C(NC(=O)C(CCCCN)NC(=O)CNC(=O)C(CC(C)C)NC(=O)C(CCCCN)NC(=O)C(N)CC(=O)O)C(=O)NC(C(=O)NC(CC(=O)O)C(=O)O)C(C)C. The normalized spacial score (nSPS) is 15.0. The van der Waals surface area contributed by atoms with Crippen LogP contribution >= 0.6 is 0 Å². The van der Waals surface area contributed by atoms with Crippen LogP contribution in [0.15, 0.2) is 0 Å². The first-order valence-corrected chi connectivity index (χ1v) is 20.9. The van der Waals surface area contributed by atoms with Gasteiger partial charge >= 0.3 is 17.9 Å². The third-order valence-electron chi connectivity index (χ3n) is 9.71. The van der Waals surface area contributed by atoms with E-state index in [1.54, 1.807) is 41.5 Å². The van der Waals surface area contributed by atoms with Gasteiger partial charge in [-0.15, -0.1) is 0 Å². The lowest BCUT2D eigenvalue weighted by Crippen LogP contribution is -2.60. The smallest absolute Gasteiger partial charge is 0.326 e. The van der Waals surface area contributed by atoms with E-state index in [0.29, 0.717) is 38.6 Å². The zero-order valence-electron chi connectivity index (χ0n) is 36.6. The molecule has 0 spiro atoms. The second-order valence-corrected chi connectivity index (χ2v) is 16.0. The van der Waals surface area contributed by atoms with Gasteiger partial charge in [0, 0.05) is 0 Å². The van der Waals surface area contributed by atoms with Gasteiger partial charge in [0.15, 0.2) is 0 Å². The Morgan fingerprint density at radius 2 is 1.00 bits per heavy atom. The standard InChI is InChI=1S/C39H70N10O13/c1-7-22(6)32(38(60)48-31(21(4)5)37(59)47-27(39(61)62)18-30(53)54)49-36(58)24(12-8-10-14-40)44-28(50)19-43-34(56)26(16-20(2)3)46-35(57)25(13-9-11-15-41)45-33(55)23(42)17-29(51)52/h20-27,31-32H,7-19,40-42H2,1-6H3,(H,43,56)(H,44,50)(H,45,55)(H,46,57)(H,47,59)(H,48,60)(H,49,58)(H,51,52)(H,53,54)(H,61,62). The molecule has 0 rings (SSSR count). The molecule has 0 fully saturated rings. The predicted octanol–water partition coefficient (Wildman–Crippen LogP) is -2.62. The number of aliphatic carboxylic acids is 3. The molecular formula is C39H70N10O13. The fourth-order valence-corrected chi connectivity index (χ4v) is 5.96. The molecule has 0 saturated carbocycles. The molecule has 7 amide bonds. The fraction of sp³-hybridized carbons (Fsp3) is 0.744. The zero-order chi connectivity index (χ0) is 47.7. The molecule has 23 heteroatoms. The largest absolute Gasteiger partial charge is 0.481 e. The predicted molar refractivity (Wildman–Crippen MR) is 224 cm³/mol. The van der Waals surface area contributed by atoms with E-state index in [0.717, 1.165) is 0 Å². The van der Waals surface area contributed by atoms with E-state index in [9.17, 15) is 53.1 Å². The molecule has 8 unspecified atom stereocenters. The lowest BCUT2D eigenvalue weighted by atomic mass is 9.95. The van der Waals surface area contributed by atoms with Crippen LogP contribution in [-0.2, 0) is 47.9 Å². The van der Waals surface area contributed by atoms with Crippen LogP contribution in [0.2, 0.25) is 0 Å². The van der Waals surface area contributed by atoms with Gasteiger partial charge in [-0.1, -0.05) is 48.0 Å². The van der Waals surface area contributed by atoms with Crippen LogP contribution in [0, 0.1) is 17.8 Å². The minimum absolute atomic E-state index is 0.0775. The molecule has 0 saturated heterocycles. The van der Waals surface area contributed by atoms with E-state index in [1.807, 2.05) is 0 Å². The summed E-state index contributed by atoms with van der Waals surface area (Å²) in [7, 11) is 0. The van der Waals surface area contributed by atoms with Gasteiger partial charge < -0.3 is 69.7 Å². The van der Waals surface area contributed by atoms with Gasteiger partial charge in [0.05, 0.1) is 25.4 Å². The Hall–Kier alpha value is -5.42. The van der Waals surface area contributed by atoms with Crippen molar-refractivity contribution in [1.29, 1.82) is 0 Å². The highest BCUT2D eigenvalue weighted by Crippen LogP contribution is 2.13. The van der Waals surface area contributed by atoms with Gasteiger partial charge in [-0.3, -0.25) is 43.2 Å². The third kappa shape index (κ3) is 22.4. The number of rotatable bonds is 32. The van der Waals surface area contributed by atoms with Gasteiger partial charge in [0.1, 0.15) is 36.3 Å². The highest BCUT2D eigenvalue weighted by molar-refractivity contribution is 5.97. The average molecular weight is 887 g/mol. The van der Waals surface area contributed by atoms with Crippen molar-refractivity contribution in [2.24, 2.45) is 35.0 Å². The van der Waals surface area contributed by atoms with Gasteiger partial charge in [0.2, 0.25) is 41.4 Å². The highest BCUT2D eigenvalue weighted by Gasteiger charge is 2.35. The van der Waals surface area contributed by atoms with E-state index in [2.05, 4.69) is 37.2 Å². The summed E-state index contributed by atoms with van der Waals surface area (Å²) < 4.78 is 0. The Balaban J connectivity index is 6.10. The van der Waals surface area contributed by atoms with Crippen molar-refractivity contribution in [1.82, 2.24) is 37.2 Å². The second-order valence-electron chi connectivity index (χ2n) is 16.0. The van der Waals surface area contributed by atoms with E-state index in [4.69, 9.17) is 27.4 Å². The van der Waals surface area contributed by atoms with Gasteiger partial charge in [0.25, 0.3) is 0 Å². The summed E-state index contributed by atoms with van der Waals surface area (Å²) >= 11 is 0. The first-order valence-electron chi connectivity index (χ1n) is 20.9. The number of carbonyl (C=O) groups is 10. The lowest BCUT2D eigenvalue weighted by molar-refractivity contribution is -0.147. The number of unbranched alkanes of at least 4 members (excludes halogenated alkanes) is 2. The first-order chi connectivity index (χ1) is 29.0. The Morgan fingerprint density at radius 3 is 1.47 bits per heavy atom. The van der Waals surface area contributed by atoms with Crippen molar-refractivity contribution in [3.8, 4) is 0 Å². The maximum Gasteiger partial charge on any atom is 0.326 e. The van der Waals surface area contributed by atoms with E-state index in [1.165, 1.54) is 0 Å². The number of nitrogens with two attached hydrogens (primary N) is 3. The van der Waals surface area contributed by atoms with Crippen LogP contribution in [0.1, 0.15) is 106 Å². The first kappa shape index (κ1) is 56.6. The number of carbonyl (C=O) groups excluding carboxylic acids is 7. The van der Waals surface area contributed by atoms with Crippen LogP contribution in [-0.4, -0.2) is 137 Å². The molecule has 0 heterocycles. The molecule has 0 aliphatic heterocycles. The van der Waals surface area contributed by atoms with Crippen LogP contribution in [0.25, 0.3) is 0 Å². The third-order valence-corrected chi connectivity index (χ3v) is 9.71. The Morgan fingerprint density at radius 1 is 0.532 bits per heavy atom. The summed E-state index contributed by atoms with van der Waals surface area (Å²) in [5.74, 6) is -11.3. The molecule has 0 aromatic carbocycles. The quantitative estimate of drug-likeness (QED) is 0.0308. The molecule has 0 aliphatic rings. The Kier molecular flexibility index (Phi) is 27.2. The van der Waals surface area contributed by atoms with Crippen molar-refractivity contribution < 1.29 is 63.3 Å². The number of hydrogen-bond acceptors (Lipinski definition) is 13. The number of hydrogen-bond donors (Lipinski definition) is 13. The monoisotopic (exact) mass is 887 g/mol. The molecule has 0 aromatic heterocycles. The van der Waals surface area contributed by atoms with E-state index < -0.39 is 133 Å². The van der Waals surface area contributed by atoms with Gasteiger partial charge in [-0.25, -0.2) is 4.79 Å². The van der Waals surface area contributed by atoms with Crippen LogP contribution < -0.4 is 54.4 Å². The molecule has 0 aromatic rings. The summed E-state index contributed by atoms with van der Waals surface area (Å²) in [5, 5.41) is 44.9. The molecule has 16 N–H and O–H groups in total. The van der Waals surface area contributed by atoms with Crippen molar-refractivity contribution in [2.45, 2.75) is 148 Å². The second kappa shape index (κ2) is 29.8. The fourth-order valence-electron chi connectivity index (χ4n) is 5.96. The summed E-state index contributed by atoms with van der Waals surface area (Å²) in [5.41, 5.74) is 16.9. The van der Waals surface area contributed by atoms with Crippen molar-refractivity contribution in [2.75, 3.05) is 19.6 Å². The van der Waals surface area contributed by atoms with Crippen LogP contribution in [0.3, 0.4) is 0 Å². The average Bonchev–Trinajstić information content (AvgIpc) is 3.18. The number of carboxylic acid groups (broad SMARTS) is 3. The van der Waals surface area contributed by atoms with Gasteiger partial charge in [-0.05, 0) is 75.8 Å². The highest BCUT2D eigenvalue weighted by atomic mass is 16.4. The zero-order valence-corrected chi connectivity index (χ0v) is 36.6. The van der Waals surface area contributed by atoms with Crippen molar-refractivity contribution in [3.63, 3.8) is 0 Å². The number of nitrogens with one attached hydrogen (secondary N) is 7. The number of carboxylic acids is 3. The Bertz CT molecular complexity index is 1530. The summed E-state index contributed by atoms with van der Waals surface area (Å²) in [6, 6.07) is -9.37. The Labute approximate surface area is 361 Å². The van der Waals surface area contributed by atoms with E-state index in [-0.39, 0.29) is 31.7 Å². The van der Waals surface area contributed by atoms with Crippen molar-refractivity contribution in [3.05, 3.63) is 0 Å². The van der Waals surface area contributed by atoms with Crippen LogP contribution in [0.5, 0.6) is 0 Å². The van der Waals surface area contributed by atoms with Gasteiger partial charge in [-0.2, -0.15) is 0 Å². The summed E-state index contributed by atoms with van der Waals surface area (Å²) in [6.07, 6.45) is 0.865. The summed E-state index contributed by atoms with van der Waals surface area (Å²) in [4.78, 5) is 127. The minimum Gasteiger partial charge on any atom is -0.481 e. The molecule has 0 bridgehead atoms. The van der Waals surface area contributed by atoms with E-state index >= 15 is 0 Å². The van der Waals surface area contributed by atoms with Crippen LogP contribution in [0.4, 0.5) is 0 Å². The molecule has 62 heavy (non-hydrogen) atoms.